The fourth-order valence-electron chi connectivity index (χ4n) is 3.34. The van der Waals surface area contributed by atoms with Crippen molar-refractivity contribution in [2.75, 3.05) is 44.4 Å². The Balaban J connectivity index is 1.64. The molecule has 148 valence electrons. The van der Waals surface area contributed by atoms with Gasteiger partial charge in [-0.05, 0) is 12.1 Å². The number of nitrogens with one attached hydrogen (secondary N) is 1. The van der Waals surface area contributed by atoms with Crippen molar-refractivity contribution in [3.05, 3.63) is 53.4 Å². The molecule has 2 aliphatic heterocycles. The van der Waals surface area contributed by atoms with Gasteiger partial charge in [-0.25, -0.2) is 18.9 Å². The SMILES string of the molecule is CN1CCN(c2cc(C(=N)c3cc(C4=C[N+](C)=C4)c(F)cc3N)ncn2)CC1=O. The van der Waals surface area contributed by atoms with Gasteiger partial charge in [-0.15, -0.1) is 0 Å². The van der Waals surface area contributed by atoms with Crippen LogP contribution in [-0.4, -0.2) is 71.0 Å². The third kappa shape index (κ3) is 3.46. The third-order valence-electron chi connectivity index (χ3n) is 5.09. The van der Waals surface area contributed by atoms with Gasteiger partial charge in [-0.3, -0.25) is 10.2 Å². The molecule has 8 nitrogen and oxygen atoms in total. The molecule has 3 N–H and O–H groups in total. The van der Waals surface area contributed by atoms with Crippen molar-refractivity contribution in [2.45, 2.75) is 0 Å². The number of carbonyl (C=O) groups is 1. The number of nitrogens with zero attached hydrogens (tertiary/aromatic N) is 5. The number of likely N-dealkylation sites (N-methyl/N-ethyl adjacent to an activating group) is 1. The number of benzene rings is 1. The van der Waals surface area contributed by atoms with Gasteiger partial charge >= 0.3 is 0 Å². The van der Waals surface area contributed by atoms with E-state index in [9.17, 15) is 9.18 Å². The smallest absolute Gasteiger partial charge is 0.241 e. The zero-order valence-corrected chi connectivity index (χ0v) is 16.2. The predicted molar refractivity (Wildman–Crippen MR) is 109 cm³/mol. The van der Waals surface area contributed by atoms with Gasteiger partial charge in [0.2, 0.25) is 5.91 Å². The second-order valence-corrected chi connectivity index (χ2v) is 7.17. The zero-order chi connectivity index (χ0) is 20.7. The van der Waals surface area contributed by atoms with E-state index in [1.54, 1.807) is 36.5 Å². The highest BCUT2D eigenvalue weighted by Gasteiger charge is 2.24. The number of hydrogen-bond acceptors (Lipinski definition) is 6. The Morgan fingerprint density at radius 3 is 2.72 bits per heavy atom. The molecule has 1 aromatic carbocycles. The standard InChI is InChI=1S/C20H21FN7O/c1-26-8-12(9-26)13-5-14(16(22)6-15(13)21)20(23)17-7-18(25-11-24-17)28-4-3-27(2)19(29)10-28/h5-9,11,23H,3-4,10,22H2,1-2H3/q+1. The fraction of sp³-hybridized carbons (Fsp3) is 0.250. The maximum atomic E-state index is 14.4. The molecule has 1 amide bonds. The zero-order valence-electron chi connectivity index (χ0n) is 16.2. The fourth-order valence-corrected chi connectivity index (χ4v) is 3.34. The lowest BCUT2D eigenvalue weighted by Crippen LogP contribution is -2.48. The van der Waals surface area contributed by atoms with Crippen molar-refractivity contribution >= 4 is 34.9 Å². The molecule has 1 aromatic heterocycles. The third-order valence-corrected chi connectivity index (χ3v) is 5.09. The van der Waals surface area contributed by atoms with Gasteiger partial charge < -0.3 is 15.5 Å². The van der Waals surface area contributed by atoms with Crippen LogP contribution in [0.3, 0.4) is 0 Å². The summed E-state index contributed by atoms with van der Waals surface area (Å²) in [7, 11) is 3.62. The van der Waals surface area contributed by atoms with E-state index in [4.69, 9.17) is 11.1 Å². The van der Waals surface area contributed by atoms with Crippen LogP contribution in [0.15, 0.2) is 30.7 Å². The lowest BCUT2D eigenvalue weighted by molar-refractivity contribution is -0.423. The largest absolute Gasteiger partial charge is 0.398 e. The second-order valence-electron chi connectivity index (χ2n) is 7.17. The summed E-state index contributed by atoms with van der Waals surface area (Å²) in [5, 5.41) is 8.59. The van der Waals surface area contributed by atoms with Crippen LogP contribution >= 0.6 is 0 Å². The van der Waals surface area contributed by atoms with E-state index >= 15 is 0 Å². The summed E-state index contributed by atoms with van der Waals surface area (Å²) in [6.45, 7) is 1.47. The number of hydrogen-bond donors (Lipinski definition) is 2. The van der Waals surface area contributed by atoms with E-state index in [0.29, 0.717) is 35.7 Å². The van der Waals surface area contributed by atoms with Gasteiger partial charge in [0.1, 0.15) is 30.6 Å². The Morgan fingerprint density at radius 1 is 1.28 bits per heavy atom. The number of allylic oxidation sites excluding steroid dienone is 1. The minimum Gasteiger partial charge on any atom is -0.398 e. The minimum absolute atomic E-state index is 0.00824. The van der Waals surface area contributed by atoms with Crippen LogP contribution in [0.1, 0.15) is 16.8 Å². The van der Waals surface area contributed by atoms with Crippen LogP contribution in [0.25, 0.3) is 5.57 Å². The van der Waals surface area contributed by atoms with Crippen molar-refractivity contribution in [3.63, 3.8) is 0 Å². The molecule has 1 saturated heterocycles. The molecule has 0 bridgehead atoms. The Morgan fingerprint density at radius 2 is 2.03 bits per heavy atom. The molecule has 9 heteroatoms. The highest BCUT2D eigenvalue weighted by Crippen LogP contribution is 2.27. The quantitative estimate of drug-likeness (QED) is 0.457. The van der Waals surface area contributed by atoms with Gasteiger partial charge in [0.15, 0.2) is 12.4 Å². The summed E-state index contributed by atoms with van der Waals surface area (Å²) in [6.07, 6.45) is 4.96. The molecule has 2 aliphatic rings. The van der Waals surface area contributed by atoms with Gasteiger partial charge in [-0.1, -0.05) is 0 Å². The van der Waals surface area contributed by atoms with Gasteiger partial charge in [0.05, 0.1) is 18.0 Å². The molecule has 3 heterocycles. The van der Waals surface area contributed by atoms with E-state index in [2.05, 4.69) is 9.97 Å². The van der Waals surface area contributed by atoms with E-state index in [1.807, 2.05) is 16.5 Å². The van der Waals surface area contributed by atoms with E-state index in [1.165, 1.54) is 12.4 Å². The maximum absolute atomic E-state index is 14.4. The Hall–Kier alpha value is -3.62. The Bertz CT molecular complexity index is 1090. The maximum Gasteiger partial charge on any atom is 0.241 e. The summed E-state index contributed by atoms with van der Waals surface area (Å²) in [5.41, 5.74) is 8.11. The number of carbonyl (C=O) groups excluding carboxylic acids is 1. The molecule has 0 saturated carbocycles. The average molecular weight is 394 g/mol. The number of rotatable bonds is 4. The number of nitrogens with two attached hydrogens (primary N) is 1. The number of piperazine rings is 1. The van der Waals surface area contributed by atoms with E-state index < -0.39 is 5.82 Å². The molecule has 0 radical (unpaired) electrons. The summed E-state index contributed by atoms with van der Waals surface area (Å²) in [5.74, 6) is 0.140. The second kappa shape index (κ2) is 7.08. The number of anilines is 2. The van der Waals surface area contributed by atoms with Crippen molar-refractivity contribution in [1.29, 1.82) is 5.41 Å². The molecule has 0 unspecified atom stereocenters. The van der Waals surface area contributed by atoms with Crippen LogP contribution in [0, 0.1) is 11.2 Å². The number of halogens is 1. The van der Waals surface area contributed by atoms with Gasteiger partial charge in [-0.2, -0.15) is 0 Å². The molecule has 0 atom stereocenters. The summed E-state index contributed by atoms with van der Waals surface area (Å²) in [6, 6.07) is 4.46. The number of aromatic nitrogens is 2. The van der Waals surface area contributed by atoms with Crippen LogP contribution in [0.4, 0.5) is 15.9 Å². The summed E-state index contributed by atoms with van der Waals surface area (Å²) in [4.78, 5) is 24.0. The molecular formula is C20H21FN7O+. The minimum atomic E-state index is -0.436. The lowest BCUT2D eigenvalue weighted by atomic mass is 9.97. The van der Waals surface area contributed by atoms with Crippen molar-refractivity contribution in [2.24, 2.45) is 0 Å². The van der Waals surface area contributed by atoms with E-state index in [-0.39, 0.29) is 23.9 Å². The first-order chi connectivity index (χ1) is 13.8. The first-order valence-corrected chi connectivity index (χ1v) is 9.12. The van der Waals surface area contributed by atoms with Gasteiger partial charge in [0, 0.05) is 43.0 Å². The van der Waals surface area contributed by atoms with Crippen molar-refractivity contribution in [3.8, 4) is 0 Å². The molecule has 4 rings (SSSR count). The first-order valence-electron chi connectivity index (χ1n) is 9.12. The number of amides is 1. The van der Waals surface area contributed by atoms with Crippen LogP contribution < -0.4 is 10.6 Å². The summed E-state index contributed by atoms with van der Waals surface area (Å²) < 4.78 is 16.2. The predicted octanol–water partition coefficient (Wildman–Crippen LogP) is 0.960. The topological polar surface area (TPSA) is 102 Å². The molecule has 29 heavy (non-hydrogen) atoms. The first kappa shape index (κ1) is 18.7. The molecule has 1 fully saturated rings. The van der Waals surface area contributed by atoms with E-state index in [0.717, 1.165) is 5.57 Å². The molecular weight excluding hydrogens is 373 g/mol. The van der Waals surface area contributed by atoms with Crippen LogP contribution in [-0.2, 0) is 4.79 Å². The van der Waals surface area contributed by atoms with Crippen LogP contribution in [0.5, 0.6) is 0 Å². The Labute approximate surface area is 167 Å². The average Bonchev–Trinajstić information content (AvgIpc) is 2.68. The normalized spacial score (nSPS) is 16.3. The van der Waals surface area contributed by atoms with Crippen molar-refractivity contribution < 1.29 is 13.8 Å². The highest BCUT2D eigenvalue weighted by molar-refractivity contribution is 6.15. The Kier molecular flexibility index (Phi) is 4.57. The molecule has 0 spiro atoms. The molecule has 2 aromatic rings. The monoisotopic (exact) mass is 394 g/mol. The summed E-state index contributed by atoms with van der Waals surface area (Å²) >= 11 is 0. The van der Waals surface area contributed by atoms with Crippen LogP contribution in [0.2, 0.25) is 0 Å². The lowest BCUT2D eigenvalue weighted by Gasteiger charge is -2.32. The highest BCUT2D eigenvalue weighted by atomic mass is 19.1. The van der Waals surface area contributed by atoms with Crippen molar-refractivity contribution in [1.82, 2.24) is 14.9 Å². The number of nitrogen functional groups attached to an aromatic ring is 1. The van der Waals surface area contributed by atoms with Gasteiger partial charge in [0.25, 0.3) is 0 Å². The molecule has 0 aliphatic carbocycles.